The number of aromatic nitrogens is 2. The summed E-state index contributed by atoms with van der Waals surface area (Å²) in [6, 6.07) is 3.70. The van der Waals surface area contributed by atoms with E-state index in [9.17, 15) is 9.59 Å². The Balaban J connectivity index is 1.68. The van der Waals surface area contributed by atoms with Crippen LogP contribution in [-0.4, -0.2) is 33.2 Å². The van der Waals surface area contributed by atoms with E-state index in [0.717, 1.165) is 4.88 Å². The Morgan fingerprint density at radius 3 is 2.96 bits per heavy atom. The topological polar surface area (TPSA) is 105 Å². The average Bonchev–Trinajstić information content (AvgIpc) is 3.15. The number of carboxylic acid groups (broad SMARTS) is 1. The molecule has 0 bridgehead atoms. The molecule has 2 aromatic heterocycles. The maximum atomic E-state index is 11.8. The highest BCUT2D eigenvalue weighted by Gasteiger charge is 2.12. The third-order valence-electron chi connectivity index (χ3n) is 3.20. The molecular weight excluding hydrogens is 318 g/mol. The van der Waals surface area contributed by atoms with Crippen molar-refractivity contribution in [2.24, 2.45) is 0 Å². The third kappa shape index (κ3) is 5.82. The minimum atomic E-state index is -0.857. The number of aryl methyl sites for hydroxylation is 1. The van der Waals surface area contributed by atoms with Gasteiger partial charge >= 0.3 is 5.97 Å². The van der Waals surface area contributed by atoms with Gasteiger partial charge in [0.15, 0.2) is 0 Å². The molecule has 23 heavy (non-hydrogen) atoms. The Labute approximate surface area is 137 Å². The minimum Gasteiger partial charge on any atom is -0.481 e. The van der Waals surface area contributed by atoms with Gasteiger partial charge in [0.25, 0.3) is 0 Å². The molecule has 0 aliphatic heterocycles. The van der Waals surface area contributed by atoms with Gasteiger partial charge in [0.05, 0.1) is 4.88 Å². The van der Waals surface area contributed by atoms with E-state index in [1.165, 1.54) is 0 Å². The fourth-order valence-electron chi connectivity index (χ4n) is 2.02. The highest BCUT2D eigenvalue weighted by molar-refractivity contribution is 7.13. The van der Waals surface area contributed by atoms with Crippen LogP contribution >= 0.6 is 11.3 Å². The normalized spacial score (nSPS) is 12.0. The van der Waals surface area contributed by atoms with Crippen LogP contribution in [0.15, 0.2) is 22.0 Å². The summed E-state index contributed by atoms with van der Waals surface area (Å²) in [5, 5.41) is 17.2. The summed E-state index contributed by atoms with van der Waals surface area (Å²) < 4.78 is 5.16. The minimum absolute atomic E-state index is 0.0505. The van der Waals surface area contributed by atoms with Crippen LogP contribution in [0.2, 0.25) is 0 Å². The molecule has 2 rings (SSSR count). The molecule has 0 spiro atoms. The summed E-state index contributed by atoms with van der Waals surface area (Å²) in [4.78, 5) is 27.5. The molecule has 7 nitrogen and oxygen atoms in total. The number of carbonyl (C=O) groups is 2. The predicted molar refractivity (Wildman–Crippen MR) is 85.0 cm³/mol. The van der Waals surface area contributed by atoms with Crippen LogP contribution in [0.25, 0.3) is 10.7 Å². The Morgan fingerprint density at radius 1 is 1.43 bits per heavy atom. The first-order valence-electron chi connectivity index (χ1n) is 7.42. The van der Waals surface area contributed by atoms with Gasteiger partial charge in [-0.25, -0.2) is 0 Å². The first kappa shape index (κ1) is 17.1. The SMILES string of the molecule is CC(CCC(=O)O)NC(=O)CCCc1nc(-c2cccs2)no1. The number of rotatable bonds is 9. The molecule has 2 aromatic rings. The molecule has 2 N–H and O–H groups in total. The predicted octanol–water partition coefficient (Wildman–Crippen LogP) is 2.49. The smallest absolute Gasteiger partial charge is 0.303 e. The summed E-state index contributed by atoms with van der Waals surface area (Å²) in [6.07, 6.45) is 1.96. The molecule has 124 valence electrons. The average molecular weight is 337 g/mol. The van der Waals surface area contributed by atoms with Crippen molar-refractivity contribution in [1.29, 1.82) is 0 Å². The lowest BCUT2D eigenvalue weighted by Crippen LogP contribution is -2.32. The van der Waals surface area contributed by atoms with Gasteiger partial charge < -0.3 is 14.9 Å². The molecule has 0 radical (unpaired) electrons. The molecule has 0 aliphatic rings. The molecule has 8 heteroatoms. The number of carbonyl (C=O) groups excluding carboxylic acids is 1. The molecule has 1 atom stereocenters. The fraction of sp³-hybridized carbons (Fsp3) is 0.467. The molecule has 1 amide bonds. The molecule has 0 saturated carbocycles. The second-order valence-corrected chi connectivity index (χ2v) is 6.19. The fourth-order valence-corrected chi connectivity index (χ4v) is 2.67. The van der Waals surface area contributed by atoms with Crippen LogP contribution < -0.4 is 5.32 Å². The summed E-state index contributed by atoms with van der Waals surface area (Å²) >= 11 is 1.54. The van der Waals surface area contributed by atoms with E-state index in [1.807, 2.05) is 17.5 Å². The van der Waals surface area contributed by atoms with Crippen LogP contribution in [0, 0.1) is 0 Å². The maximum absolute atomic E-state index is 11.8. The van der Waals surface area contributed by atoms with Crippen molar-refractivity contribution >= 4 is 23.2 Å². The van der Waals surface area contributed by atoms with Crippen molar-refractivity contribution in [3.63, 3.8) is 0 Å². The standard InChI is InChI=1S/C15H19N3O4S/c1-10(7-8-14(20)21)16-12(19)5-2-6-13-17-15(18-22-13)11-4-3-9-23-11/h3-4,9-10H,2,5-8H2,1H3,(H,16,19)(H,20,21). The number of aliphatic carboxylic acids is 1. The van der Waals surface area contributed by atoms with Gasteiger partial charge in [0, 0.05) is 25.3 Å². The van der Waals surface area contributed by atoms with E-state index in [1.54, 1.807) is 18.3 Å². The van der Waals surface area contributed by atoms with Gasteiger partial charge in [-0.2, -0.15) is 4.98 Å². The lowest BCUT2D eigenvalue weighted by molar-refractivity contribution is -0.137. The molecule has 1 unspecified atom stereocenters. The number of nitrogens with one attached hydrogen (secondary N) is 1. The van der Waals surface area contributed by atoms with Gasteiger partial charge in [-0.15, -0.1) is 11.3 Å². The number of hydrogen-bond acceptors (Lipinski definition) is 6. The van der Waals surface area contributed by atoms with Gasteiger partial charge in [0.1, 0.15) is 0 Å². The second kappa shape index (κ2) is 8.42. The quantitative estimate of drug-likeness (QED) is 0.728. The van der Waals surface area contributed by atoms with Gasteiger partial charge in [0.2, 0.25) is 17.6 Å². The largest absolute Gasteiger partial charge is 0.481 e. The Hall–Kier alpha value is -2.22. The number of amides is 1. The van der Waals surface area contributed by atoms with E-state index in [-0.39, 0.29) is 18.4 Å². The molecule has 0 fully saturated rings. The maximum Gasteiger partial charge on any atom is 0.303 e. The van der Waals surface area contributed by atoms with Crippen LogP contribution in [0.4, 0.5) is 0 Å². The van der Waals surface area contributed by atoms with Crippen LogP contribution in [0.1, 0.15) is 38.5 Å². The van der Waals surface area contributed by atoms with Gasteiger partial charge in [-0.1, -0.05) is 11.2 Å². The van der Waals surface area contributed by atoms with Crippen molar-refractivity contribution in [2.45, 2.75) is 45.1 Å². The van der Waals surface area contributed by atoms with Crippen LogP contribution in [0.5, 0.6) is 0 Å². The van der Waals surface area contributed by atoms with E-state index < -0.39 is 5.97 Å². The van der Waals surface area contributed by atoms with E-state index >= 15 is 0 Å². The first-order valence-corrected chi connectivity index (χ1v) is 8.30. The molecule has 2 heterocycles. The van der Waals surface area contributed by atoms with E-state index in [2.05, 4.69) is 15.5 Å². The van der Waals surface area contributed by atoms with Crippen molar-refractivity contribution < 1.29 is 19.2 Å². The molecule has 0 aromatic carbocycles. The molecule has 0 aliphatic carbocycles. The van der Waals surface area contributed by atoms with E-state index in [0.29, 0.717) is 37.4 Å². The number of carboxylic acids is 1. The van der Waals surface area contributed by atoms with E-state index in [4.69, 9.17) is 9.63 Å². The zero-order valence-corrected chi connectivity index (χ0v) is 13.6. The van der Waals surface area contributed by atoms with Crippen molar-refractivity contribution in [3.05, 3.63) is 23.4 Å². The zero-order valence-electron chi connectivity index (χ0n) is 12.8. The van der Waals surface area contributed by atoms with Crippen LogP contribution in [0.3, 0.4) is 0 Å². The lowest BCUT2D eigenvalue weighted by atomic mass is 10.1. The number of nitrogens with zero attached hydrogens (tertiary/aromatic N) is 2. The highest BCUT2D eigenvalue weighted by Crippen LogP contribution is 2.21. The Kier molecular flexibility index (Phi) is 6.28. The van der Waals surface area contributed by atoms with Crippen molar-refractivity contribution in [3.8, 4) is 10.7 Å². The summed E-state index contributed by atoms with van der Waals surface area (Å²) in [7, 11) is 0. The monoisotopic (exact) mass is 337 g/mol. The zero-order chi connectivity index (χ0) is 16.7. The van der Waals surface area contributed by atoms with Gasteiger partial charge in [-0.05, 0) is 31.2 Å². The summed E-state index contributed by atoms with van der Waals surface area (Å²) in [5.74, 6) is 0.131. The Bertz CT molecular complexity index is 639. The van der Waals surface area contributed by atoms with Crippen LogP contribution in [-0.2, 0) is 16.0 Å². The highest BCUT2D eigenvalue weighted by atomic mass is 32.1. The summed E-state index contributed by atoms with van der Waals surface area (Å²) in [5.41, 5.74) is 0. The molecule has 0 saturated heterocycles. The third-order valence-corrected chi connectivity index (χ3v) is 4.07. The summed E-state index contributed by atoms with van der Waals surface area (Å²) in [6.45, 7) is 1.80. The first-order chi connectivity index (χ1) is 11.0. The number of hydrogen-bond donors (Lipinski definition) is 2. The molecular formula is C15H19N3O4S. The number of thiophene rings is 1. The second-order valence-electron chi connectivity index (χ2n) is 5.24. The Morgan fingerprint density at radius 2 is 2.26 bits per heavy atom. The van der Waals surface area contributed by atoms with Crippen molar-refractivity contribution in [2.75, 3.05) is 0 Å². The van der Waals surface area contributed by atoms with Crippen molar-refractivity contribution in [1.82, 2.24) is 15.5 Å². The van der Waals surface area contributed by atoms with Gasteiger partial charge in [-0.3, -0.25) is 9.59 Å². The lowest BCUT2D eigenvalue weighted by Gasteiger charge is -2.12.